The van der Waals surface area contributed by atoms with Gasteiger partial charge in [-0.1, -0.05) is 24.1 Å². The summed E-state index contributed by atoms with van der Waals surface area (Å²) in [5, 5.41) is -0.0675. The highest BCUT2D eigenvalue weighted by molar-refractivity contribution is 7.89. The van der Waals surface area contributed by atoms with E-state index in [1.807, 2.05) is 18.2 Å². The van der Waals surface area contributed by atoms with Gasteiger partial charge >= 0.3 is 0 Å². The number of halogens is 2. The van der Waals surface area contributed by atoms with Gasteiger partial charge in [0.2, 0.25) is 10.0 Å². The third-order valence-corrected chi connectivity index (χ3v) is 7.25. The summed E-state index contributed by atoms with van der Waals surface area (Å²) in [5.74, 6) is -0.501. The summed E-state index contributed by atoms with van der Waals surface area (Å²) < 4.78 is 41.6. The smallest absolute Gasteiger partial charge is 0.244 e. The Morgan fingerprint density at radius 1 is 1.31 bits per heavy atom. The second kappa shape index (κ2) is 8.03. The van der Waals surface area contributed by atoms with Gasteiger partial charge in [-0.3, -0.25) is 4.98 Å². The van der Waals surface area contributed by atoms with Crippen LogP contribution in [0.1, 0.15) is 36.9 Å². The molecule has 0 bridgehead atoms. The Bertz CT molecular complexity index is 875. The summed E-state index contributed by atoms with van der Waals surface area (Å²) in [6, 6.07) is 8.05. The van der Waals surface area contributed by atoms with Gasteiger partial charge in [0.1, 0.15) is 10.7 Å². The lowest BCUT2D eigenvalue weighted by atomic mass is 9.99. The molecular weight excluding hydrogens is 375 g/mol. The molecule has 26 heavy (non-hydrogen) atoms. The van der Waals surface area contributed by atoms with Crippen molar-refractivity contribution in [1.29, 1.82) is 0 Å². The Morgan fingerprint density at radius 2 is 2.12 bits per heavy atom. The maximum Gasteiger partial charge on any atom is 0.244 e. The number of sulfonamides is 1. The molecule has 2 heterocycles. The van der Waals surface area contributed by atoms with Crippen molar-refractivity contribution in [2.75, 3.05) is 6.54 Å². The zero-order valence-corrected chi connectivity index (χ0v) is 16.2. The topological polar surface area (TPSA) is 50.3 Å². The molecule has 0 N–H and O–H groups in total. The molecular formula is C19H22ClFN2O2S. The highest BCUT2D eigenvalue weighted by Gasteiger charge is 2.34. The fourth-order valence-electron chi connectivity index (χ4n) is 3.39. The fourth-order valence-corrected chi connectivity index (χ4v) is 5.69. The van der Waals surface area contributed by atoms with E-state index in [-0.39, 0.29) is 21.5 Å². The van der Waals surface area contributed by atoms with Crippen LogP contribution < -0.4 is 0 Å². The molecule has 2 aromatic rings. The van der Waals surface area contributed by atoms with Crippen molar-refractivity contribution in [2.45, 2.75) is 50.0 Å². The van der Waals surface area contributed by atoms with Gasteiger partial charge in [-0.2, -0.15) is 4.31 Å². The van der Waals surface area contributed by atoms with Crippen molar-refractivity contribution in [3.05, 3.63) is 58.6 Å². The lowest BCUT2D eigenvalue weighted by molar-refractivity contribution is 0.240. The SMILES string of the molecule is Cc1cc(S(=O)(=O)N2CCCCC2CCc2ccccn2)c(Cl)cc1F. The van der Waals surface area contributed by atoms with Gasteiger partial charge in [0.15, 0.2) is 0 Å². The van der Waals surface area contributed by atoms with E-state index in [9.17, 15) is 12.8 Å². The van der Waals surface area contributed by atoms with E-state index in [0.29, 0.717) is 19.4 Å². The van der Waals surface area contributed by atoms with Crippen LogP contribution in [0.15, 0.2) is 41.4 Å². The van der Waals surface area contributed by atoms with Crippen LogP contribution in [0.2, 0.25) is 5.02 Å². The first-order chi connectivity index (χ1) is 12.4. The van der Waals surface area contributed by atoms with E-state index in [1.54, 1.807) is 13.1 Å². The van der Waals surface area contributed by atoms with Crippen molar-refractivity contribution in [3.8, 4) is 0 Å². The normalized spacial score (nSPS) is 18.8. The van der Waals surface area contributed by atoms with Crippen LogP contribution in [0.25, 0.3) is 0 Å². The minimum absolute atomic E-state index is 0.0113. The lowest BCUT2D eigenvalue weighted by Crippen LogP contribution is -2.44. The Labute approximate surface area is 159 Å². The maximum absolute atomic E-state index is 13.7. The van der Waals surface area contributed by atoms with Crippen molar-refractivity contribution in [3.63, 3.8) is 0 Å². The quantitative estimate of drug-likeness (QED) is 0.754. The van der Waals surface area contributed by atoms with E-state index in [4.69, 9.17) is 11.6 Å². The third kappa shape index (κ3) is 4.08. The Kier molecular flexibility index (Phi) is 5.95. The van der Waals surface area contributed by atoms with Crippen LogP contribution in [-0.2, 0) is 16.4 Å². The van der Waals surface area contributed by atoms with Crippen molar-refractivity contribution < 1.29 is 12.8 Å². The molecule has 0 radical (unpaired) electrons. The van der Waals surface area contributed by atoms with Gasteiger partial charge < -0.3 is 0 Å². The summed E-state index contributed by atoms with van der Waals surface area (Å²) in [7, 11) is -3.77. The van der Waals surface area contributed by atoms with Crippen molar-refractivity contribution in [2.24, 2.45) is 0 Å². The molecule has 1 aromatic heterocycles. The molecule has 3 rings (SSSR count). The van der Waals surface area contributed by atoms with Gasteiger partial charge in [-0.25, -0.2) is 12.8 Å². The number of hydrogen-bond acceptors (Lipinski definition) is 3. The van der Waals surface area contributed by atoms with Crippen molar-refractivity contribution >= 4 is 21.6 Å². The monoisotopic (exact) mass is 396 g/mol. The molecule has 1 unspecified atom stereocenters. The molecule has 1 atom stereocenters. The number of rotatable bonds is 5. The van der Waals surface area contributed by atoms with Gasteiger partial charge in [0.05, 0.1) is 5.02 Å². The summed E-state index contributed by atoms with van der Waals surface area (Å²) in [6.45, 7) is 2.00. The van der Waals surface area contributed by atoms with E-state index in [0.717, 1.165) is 31.0 Å². The number of hydrogen-bond donors (Lipinski definition) is 0. The van der Waals surface area contributed by atoms with E-state index >= 15 is 0 Å². The average Bonchev–Trinajstić information content (AvgIpc) is 2.64. The number of aryl methyl sites for hydroxylation is 2. The standard InChI is InChI=1S/C19H22ClFN2O2S/c1-14-12-19(17(20)13-18(14)21)26(24,25)23-11-5-3-7-16(23)9-8-15-6-2-4-10-22-15/h2,4,6,10,12-13,16H,3,5,7-9,11H2,1H3. The van der Waals surface area contributed by atoms with Gasteiger partial charge in [0.25, 0.3) is 0 Å². The first-order valence-corrected chi connectivity index (χ1v) is 10.6. The number of pyridine rings is 1. The molecule has 0 saturated carbocycles. The number of benzene rings is 1. The molecule has 1 saturated heterocycles. The minimum atomic E-state index is -3.77. The second-order valence-corrected chi connectivity index (χ2v) is 8.92. The zero-order chi connectivity index (χ0) is 18.7. The van der Waals surface area contributed by atoms with Crippen LogP contribution in [0, 0.1) is 12.7 Å². The highest BCUT2D eigenvalue weighted by atomic mass is 35.5. The zero-order valence-electron chi connectivity index (χ0n) is 14.7. The summed E-state index contributed by atoms with van der Waals surface area (Å²) in [4.78, 5) is 4.30. The predicted octanol–water partition coefficient (Wildman–Crippen LogP) is 4.36. The molecule has 7 heteroatoms. The summed E-state index contributed by atoms with van der Waals surface area (Å²) >= 11 is 6.07. The highest BCUT2D eigenvalue weighted by Crippen LogP contribution is 2.32. The Hall–Kier alpha value is -1.50. The third-order valence-electron chi connectivity index (χ3n) is 4.83. The largest absolute Gasteiger partial charge is 0.261 e. The minimum Gasteiger partial charge on any atom is -0.261 e. The molecule has 0 aliphatic carbocycles. The second-order valence-electron chi connectivity index (χ2n) is 6.66. The van der Waals surface area contributed by atoms with Gasteiger partial charge in [-0.05, 0) is 62.4 Å². The summed E-state index contributed by atoms with van der Waals surface area (Å²) in [6.07, 6.45) is 5.78. The lowest BCUT2D eigenvalue weighted by Gasteiger charge is -2.35. The fraction of sp³-hybridized carbons (Fsp3) is 0.421. The van der Waals surface area contributed by atoms with Crippen LogP contribution in [-0.4, -0.2) is 30.3 Å². The summed E-state index contributed by atoms with van der Waals surface area (Å²) in [5.41, 5.74) is 1.22. The van der Waals surface area contributed by atoms with Crippen LogP contribution in [0.3, 0.4) is 0 Å². The van der Waals surface area contributed by atoms with Crippen LogP contribution >= 0.6 is 11.6 Å². The molecule has 1 fully saturated rings. The van der Waals surface area contributed by atoms with Crippen LogP contribution in [0.5, 0.6) is 0 Å². The van der Waals surface area contributed by atoms with Gasteiger partial charge in [-0.15, -0.1) is 0 Å². The number of aromatic nitrogens is 1. The predicted molar refractivity (Wildman–Crippen MR) is 100 cm³/mol. The maximum atomic E-state index is 13.7. The van der Waals surface area contributed by atoms with Gasteiger partial charge in [0, 0.05) is 24.5 Å². The Morgan fingerprint density at radius 3 is 2.85 bits per heavy atom. The molecule has 1 aromatic carbocycles. The molecule has 0 amide bonds. The average molecular weight is 397 g/mol. The molecule has 1 aliphatic heterocycles. The molecule has 0 spiro atoms. The van der Waals surface area contributed by atoms with E-state index < -0.39 is 15.8 Å². The molecule has 140 valence electrons. The number of nitrogens with zero attached hydrogens (tertiary/aromatic N) is 2. The van der Waals surface area contributed by atoms with E-state index in [2.05, 4.69) is 4.98 Å². The number of piperidine rings is 1. The Balaban J connectivity index is 1.85. The molecule has 4 nitrogen and oxygen atoms in total. The first-order valence-electron chi connectivity index (χ1n) is 8.77. The van der Waals surface area contributed by atoms with Crippen molar-refractivity contribution in [1.82, 2.24) is 9.29 Å². The van der Waals surface area contributed by atoms with Crippen LogP contribution in [0.4, 0.5) is 4.39 Å². The van der Waals surface area contributed by atoms with E-state index in [1.165, 1.54) is 10.4 Å². The molecule has 1 aliphatic rings. The first kappa shape index (κ1) is 19.3.